The van der Waals surface area contributed by atoms with Gasteiger partial charge in [0.15, 0.2) is 0 Å². The number of hydrazone groups is 1. The lowest BCUT2D eigenvalue weighted by Gasteiger charge is -2.06. The Kier molecular flexibility index (Phi) is 6.06. The summed E-state index contributed by atoms with van der Waals surface area (Å²) >= 11 is 3.33. The monoisotopic (exact) mass is 423 g/mol. The average Bonchev–Trinajstić information content (AvgIpc) is 2.69. The Morgan fingerprint density at radius 2 is 1.81 bits per heavy atom. The normalized spacial score (nSPS) is 10.6. The van der Waals surface area contributed by atoms with Crippen molar-refractivity contribution in [2.24, 2.45) is 5.10 Å². The summed E-state index contributed by atoms with van der Waals surface area (Å²) in [6.07, 6.45) is 4.53. The minimum Gasteiger partial charge on any atom is -0.423 e. The molecule has 0 fully saturated rings. The first-order valence-corrected chi connectivity index (χ1v) is 8.73. The number of carbonyl (C=O) groups is 2. The Bertz CT molecular complexity index is 991. The van der Waals surface area contributed by atoms with Crippen LogP contribution in [0.3, 0.4) is 0 Å². The van der Waals surface area contributed by atoms with Crippen LogP contribution in [0.4, 0.5) is 0 Å². The van der Waals surface area contributed by atoms with Crippen LogP contribution < -0.4 is 10.2 Å². The number of halogens is 1. The molecule has 1 heterocycles. The first kappa shape index (κ1) is 18.5. The minimum atomic E-state index is -0.470. The van der Waals surface area contributed by atoms with Gasteiger partial charge in [0.2, 0.25) is 0 Å². The Morgan fingerprint density at radius 1 is 1.04 bits per heavy atom. The van der Waals surface area contributed by atoms with Gasteiger partial charge in [-0.2, -0.15) is 5.10 Å². The number of esters is 1. The maximum atomic E-state index is 12.3. The molecular weight excluding hydrogens is 410 g/mol. The molecule has 0 atom stereocenters. The van der Waals surface area contributed by atoms with E-state index in [4.69, 9.17) is 4.74 Å². The van der Waals surface area contributed by atoms with Crippen LogP contribution in [0.25, 0.3) is 0 Å². The molecule has 0 spiro atoms. The number of benzene rings is 2. The van der Waals surface area contributed by atoms with Crippen molar-refractivity contribution >= 4 is 34.0 Å². The van der Waals surface area contributed by atoms with E-state index >= 15 is 0 Å². The number of nitrogens with one attached hydrogen (secondary N) is 1. The molecule has 6 nitrogen and oxygen atoms in total. The highest BCUT2D eigenvalue weighted by Gasteiger charge is 2.11. The Morgan fingerprint density at radius 3 is 2.59 bits per heavy atom. The van der Waals surface area contributed by atoms with Crippen molar-refractivity contribution in [3.05, 3.63) is 94.2 Å². The highest BCUT2D eigenvalue weighted by Crippen LogP contribution is 2.19. The molecule has 1 amide bonds. The lowest BCUT2D eigenvalue weighted by atomic mass is 10.2. The van der Waals surface area contributed by atoms with Gasteiger partial charge in [0.05, 0.1) is 11.8 Å². The predicted molar refractivity (Wildman–Crippen MR) is 105 cm³/mol. The summed E-state index contributed by atoms with van der Waals surface area (Å²) in [7, 11) is 0. The highest BCUT2D eigenvalue weighted by atomic mass is 79.9. The first-order valence-electron chi connectivity index (χ1n) is 7.94. The average molecular weight is 424 g/mol. The molecule has 7 heteroatoms. The molecule has 0 bridgehead atoms. The molecule has 2 aromatic carbocycles. The van der Waals surface area contributed by atoms with Gasteiger partial charge in [-0.15, -0.1) is 0 Å². The summed E-state index contributed by atoms with van der Waals surface area (Å²) in [4.78, 5) is 28.0. The quantitative estimate of drug-likeness (QED) is 0.292. The molecule has 3 rings (SSSR count). The summed E-state index contributed by atoms with van der Waals surface area (Å²) < 4.78 is 6.05. The van der Waals surface area contributed by atoms with E-state index in [1.54, 1.807) is 54.6 Å². The molecule has 3 aromatic rings. The SMILES string of the molecule is O=C(NN=Cc1cccc(OC(=O)c2ccccc2Br)c1)c1ccncc1. The number of amides is 1. The van der Waals surface area contributed by atoms with Gasteiger partial charge >= 0.3 is 5.97 Å². The van der Waals surface area contributed by atoms with Crippen LogP contribution in [0.2, 0.25) is 0 Å². The zero-order valence-electron chi connectivity index (χ0n) is 14.0. The van der Waals surface area contributed by atoms with Gasteiger partial charge in [0.1, 0.15) is 5.75 Å². The lowest BCUT2D eigenvalue weighted by molar-refractivity contribution is 0.0733. The van der Waals surface area contributed by atoms with Crippen molar-refractivity contribution in [2.45, 2.75) is 0 Å². The van der Waals surface area contributed by atoms with Gasteiger partial charge in [-0.3, -0.25) is 9.78 Å². The maximum absolute atomic E-state index is 12.3. The third kappa shape index (κ3) is 5.08. The van der Waals surface area contributed by atoms with E-state index < -0.39 is 5.97 Å². The zero-order valence-corrected chi connectivity index (χ0v) is 15.6. The van der Waals surface area contributed by atoms with Crippen LogP contribution in [0, 0.1) is 0 Å². The van der Waals surface area contributed by atoms with Crippen LogP contribution >= 0.6 is 15.9 Å². The molecule has 0 saturated heterocycles. The summed E-state index contributed by atoms with van der Waals surface area (Å²) in [5.74, 6) is -0.437. The minimum absolute atomic E-state index is 0.342. The number of ether oxygens (including phenoxy) is 1. The number of hydrogen-bond donors (Lipinski definition) is 1. The van der Waals surface area contributed by atoms with Crippen LogP contribution in [0.15, 0.2) is 82.6 Å². The molecule has 0 aliphatic heterocycles. The van der Waals surface area contributed by atoms with Crippen LogP contribution in [-0.4, -0.2) is 23.1 Å². The zero-order chi connectivity index (χ0) is 19.1. The van der Waals surface area contributed by atoms with Crippen molar-refractivity contribution in [1.82, 2.24) is 10.4 Å². The van der Waals surface area contributed by atoms with E-state index in [-0.39, 0.29) is 5.91 Å². The fourth-order valence-corrected chi connectivity index (χ4v) is 2.63. The Hall–Kier alpha value is -3.32. The molecule has 0 radical (unpaired) electrons. The van der Waals surface area contributed by atoms with Gasteiger partial charge in [-0.1, -0.05) is 24.3 Å². The number of hydrogen-bond acceptors (Lipinski definition) is 5. The van der Waals surface area contributed by atoms with Gasteiger partial charge in [0, 0.05) is 22.4 Å². The molecule has 0 aliphatic carbocycles. The topological polar surface area (TPSA) is 80.6 Å². The van der Waals surface area contributed by atoms with Crippen LogP contribution in [0.5, 0.6) is 5.75 Å². The Balaban J connectivity index is 1.64. The Labute approximate surface area is 164 Å². The van der Waals surface area contributed by atoms with Crippen molar-refractivity contribution in [3.8, 4) is 5.75 Å². The fourth-order valence-electron chi connectivity index (χ4n) is 2.18. The van der Waals surface area contributed by atoms with E-state index in [2.05, 4.69) is 31.4 Å². The maximum Gasteiger partial charge on any atom is 0.344 e. The van der Waals surface area contributed by atoms with Crippen molar-refractivity contribution in [1.29, 1.82) is 0 Å². The lowest BCUT2D eigenvalue weighted by Crippen LogP contribution is -2.17. The van der Waals surface area contributed by atoms with Crippen molar-refractivity contribution in [2.75, 3.05) is 0 Å². The summed E-state index contributed by atoms with van der Waals surface area (Å²) in [6, 6.07) is 17.0. The van der Waals surface area contributed by atoms with Gasteiger partial charge in [-0.05, 0) is 57.9 Å². The van der Waals surface area contributed by atoms with Crippen LogP contribution in [-0.2, 0) is 0 Å². The molecule has 1 N–H and O–H groups in total. The highest BCUT2D eigenvalue weighted by molar-refractivity contribution is 9.10. The molecule has 27 heavy (non-hydrogen) atoms. The number of pyridine rings is 1. The molecule has 0 saturated carbocycles. The van der Waals surface area contributed by atoms with E-state index in [0.717, 1.165) is 0 Å². The largest absolute Gasteiger partial charge is 0.423 e. The predicted octanol–water partition coefficient (Wildman–Crippen LogP) is 3.83. The fraction of sp³-hybridized carbons (Fsp3) is 0. The van der Waals surface area contributed by atoms with E-state index in [1.165, 1.54) is 18.6 Å². The second-order valence-electron chi connectivity index (χ2n) is 5.38. The summed E-state index contributed by atoms with van der Waals surface area (Å²) in [5, 5.41) is 3.92. The second-order valence-corrected chi connectivity index (χ2v) is 6.23. The van der Waals surface area contributed by atoms with Crippen LogP contribution in [0.1, 0.15) is 26.3 Å². The number of aromatic nitrogens is 1. The van der Waals surface area contributed by atoms with E-state index in [9.17, 15) is 9.59 Å². The molecule has 0 aliphatic rings. The smallest absolute Gasteiger partial charge is 0.344 e. The van der Waals surface area contributed by atoms with Crippen molar-refractivity contribution < 1.29 is 14.3 Å². The number of nitrogens with zero attached hydrogens (tertiary/aromatic N) is 2. The number of carbonyl (C=O) groups excluding carboxylic acids is 2. The van der Waals surface area contributed by atoms with Crippen molar-refractivity contribution in [3.63, 3.8) is 0 Å². The number of rotatable bonds is 5. The summed E-state index contributed by atoms with van der Waals surface area (Å²) in [5.41, 5.74) is 3.99. The third-order valence-electron chi connectivity index (χ3n) is 3.48. The standard InChI is InChI=1S/C20H14BrN3O3/c21-18-7-2-1-6-17(18)20(26)27-16-5-3-4-14(12-16)13-23-24-19(25)15-8-10-22-11-9-15/h1-13H,(H,24,25). The molecule has 0 unspecified atom stereocenters. The van der Waals surface area contributed by atoms with E-state index in [1.807, 2.05) is 6.07 Å². The molecular formula is C20H14BrN3O3. The van der Waals surface area contributed by atoms with Gasteiger partial charge in [0.25, 0.3) is 5.91 Å². The first-order chi connectivity index (χ1) is 13.1. The summed E-state index contributed by atoms with van der Waals surface area (Å²) in [6.45, 7) is 0. The van der Waals surface area contributed by atoms with E-state index in [0.29, 0.717) is 26.9 Å². The van der Waals surface area contributed by atoms with Gasteiger partial charge in [-0.25, -0.2) is 10.2 Å². The third-order valence-corrected chi connectivity index (χ3v) is 4.18. The molecule has 1 aromatic heterocycles. The van der Waals surface area contributed by atoms with Gasteiger partial charge < -0.3 is 4.74 Å². The molecule has 134 valence electrons. The second kappa shape index (κ2) is 8.86.